The number of carbonyl (C=O) groups excluding carboxylic acids is 1. The molecule has 0 unspecified atom stereocenters. The van der Waals surface area contributed by atoms with Crippen LogP contribution < -0.4 is 10.9 Å². The van der Waals surface area contributed by atoms with Gasteiger partial charge in [0, 0.05) is 37.6 Å². The van der Waals surface area contributed by atoms with E-state index in [0.717, 1.165) is 32.0 Å². The van der Waals surface area contributed by atoms with Gasteiger partial charge in [0.25, 0.3) is 11.5 Å². The lowest BCUT2D eigenvalue weighted by molar-refractivity contribution is 0.0907. The molecule has 4 rings (SSSR count). The summed E-state index contributed by atoms with van der Waals surface area (Å²) < 4.78 is 1.41. The topological polar surface area (TPSA) is 66.7 Å². The number of nitrogens with zero attached hydrogens (tertiary/aromatic N) is 3. The molecule has 0 spiro atoms. The maximum absolute atomic E-state index is 12.4. The van der Waals surface area contributed by atoms with Crippen LogP contribution in [0.4, 0.5) is 0 Å². The standard InChI is InChI=1S/C17H20N4O2/c22-16(19-12-6-9-20(10-7-12)13-4-5-13)14-11-18-15-3-1-2-8-21(15)17(14)23/h1-3,8,11-13H,4-7,9-10H2,(H,19,22). The summed E-state index contributed by atoms with van der Waals surface area (Å²) in [5.74, 6) is -0.314. The van der Waals surface area contributed by atoms with Crippen molar-refractivity contribution in [3.05, 3.63) is 46.5 Å². The summed E-state index contributed by atoms with van der Waals surface area (Å²) in [7, 11) is 0. The highest BCUT2D eigenvalue weighted by atomic mass is 16.2. The van der Waals surface area contributed by atoms with Gasteiger partial charge in [-0.05, 0) is 37.8 Å². The SMILES string of the molecule is O=C(NC1CCN(C2CC2)CC1)c1cnc2ccccn2c1=O. The molecule has 1 aliphatic heterocycles. The molecule has 2 fully saturated rings. The summed E-state index contributed by atoms with van der Waals surface area (Å²) in [4.78, 5) is 31.5. The highest BCUT2D eigenvalue weighted by Crippen LogP contribution is 2.29. The Labute approximate surface area is 134 Å². The number of nitrogens with one attached hydrogen (secondary N) is 1. The van der Waals surface area contributed by atoms with Crippen LogP contribution in [0.2, 0.25) is 0 Å². The number of amides is 1. The lowest BCUT2D eigenvalue weighted by Crippen LogP contribution is -2.46. The Morgan fingerprint density at radius 3 is 2.70 bits per heavy atom. The molecule has 6 nitrogen and oxygen atoms in total. The van der Waals surface area contributed by atoms with Crippen LogP contribution in [0.25, 0.3) is 5.65 Å². The molecule has 2 aromatic heterocycles. The number of carbonyl (C=O) groups is 1. The first-order valence-electron chi connectivity index (χ1n) is 8.24. The number of pyridine rings is 1. The number of hydrogen-bond acceptors (Lipinski definition) is 4. The van der Waals surface area contributed by atoms with Crippen molar-refractivity contribution in [2.45, 2.75) is 37.8 Å². The molecular formula is C17H20N4O2. The van der Waals surface area contributed by atoms with Gasteiger partial charge in [-0.25, -0.2) is 4.98 Å². The zero-order chi connectivity index (χ0) is 15.8. The predicted molar refractivity (Wildman–Crippen MR) is 86.5 cm³/mol. The summed E-state index contributed by atoms with van der Waals surface area (Å²) in [5, 5.41) is 3.00. The van der Waals surface area contributed by atoms with E-state index >= 15 is 0 Å². The molecule has 23 heavy (non-hydrogen) atoms. The Bertz CT molecular complexity index is 789. The summed E-state index contributed by atoms with van der Waals surface area (Å²) in [6.45, 7) is 2.06. The highest BCUT2D eigenvalue weighted by Gasteiger charge is 2.32. The largest absolute Gasteiger partial charge is 0.349 e. The van der Waals surface area contributed by atoms with Gasteiger partial charge < -0.3 is 10.2 Å². The third kappa shape index (κ3) is 2.86. The fourth-order valence-corrected chi connectivity index (χ4v) is 3.29. The van der Waals surface area contributed by atoms with E-state index in [0.29, 0.717) is 5.65 Å². The Hall–Kier alpha value is -2.21. The smallest absolute Gasteiger partial charge is 0.270 e. The molecule has 0 aromatic carbocycles. The third-order valence-corrected chi connectivity index (χ3v) is 4.79. The summed E-state index contributed by atoms with van der Waals surface area (Å²) in [6.07, 6.45) is 7.55. The van der Waals surface area contributed by atoms with Crippen LogP contribution in [-0.2, 0) is 0 Å². The van der Waals surface area contributed by atoms with Gasteiger partial charge in [-0.2, -0.15) is 0 Å². The normalized spacial score (nSPS) is 19.8. The molecule has 1 saturated heterocycles. The summed E-state index contributed by atoms with van der Waals surface area (Å²) >= 11 is 0. The van der Waals surface area contributed by atoms with E-state index < -0.39 is 0 Å². The molecule has 120 valence electrons. The Morgan fingerprint density at radius 2 is 1.96 bits per heavy atom. The minimum Gasteiger partial charge on any atom is -0.349 e. The first-order chi connectivity index (χ1) is 11.2. The minimum atomic E-state index is -0.316. The minimum absolute atomic E-state index is 0.110. The van der Waals surface area contributed by atoms with E-state index in [2.05, 4.69) is 15.2 Å². The molecule has 1 aliphatic carbocycles. The van der Waals surface area contributed by atoms with E-state index in [1.807, 2.05) is 6.07 Å². The van der Waals surface area contributed by atoms with Crippen molar-refractivity contribution in [1.82, 2.24) is 19.6 Å². The van der Waals surface area contributed by atoms with Crippen molar-refractivity contribution in [2.24, 2.45) is 0 Å². The van der Waals surface area contributed by atoms with E-state index in [4.69, 9.17) is 0 Å². The molecule has 0 bridgehead atoms. The average Bonchev–Trinajstić information content (AvgIpc) is 3.41. The van der Waals surface area contributed by atoms with Gasteiger partial charge in [0.05, 0.1) is 0 Å². The van der Waals surface area contributed by atoms with E-state index in [9.17, 15) is 9.59 Å². The number of fused-ring (bicyclic) bond motifs is 1. The fourth-order valence-electron chi connectivity index (χ4n) is 3.29. The third-order valence-electron chi connectivity index (χ3n) is 4.79. The predicted octanol–water partition coefficient (Wildman–Crippen LogP) is 1.05. The van der Waals surface area contributed by atoms with Gasteiger partial charge in [-0.3, -0.25) is 14.0 Å². The number of hydrogen-bond donors (Lipinski definition) is 1. The highest BCUT2D eigenvalue weighted by molar-refractivity contribution is 5.93. The summed E-state index contributed by atoms with van der Waals surface area (Å²) in [6, 6.07) is 6.24. The zero-order valence-electron chi connectivity index (χ0n) is 12.9. The van der Waals surface area contributed by atoms with Crippen LogP contribution in [0.5, 0.6) is 0 Å². The van der Waals surface area contributed by atoms with E-state index in [1.165, 1.54) is 23.4 Å². The number of rotatable bonds is 3. The van der Waals surface area contributed by atoms with Crippen LogP contribution in [0, 0.1) is 0 Å². The molecule has 0 atom stereocenters. The molecular weight excluding hydrogens is 292 g/mol. The first-order valence-corrected chi connectivity index (χ1v) is 8.24. The van der Waals surface area contributed by atoms with Gasteiger partial charge in [0.2, 0.25) is 0 Å². The van der Waals surface area contributed by atoms with Crippen LogP contribution in [0.1, 0.15) is 36.0 Å². The lowest BCUT2D eigenvalue weighted by Gasteiger charge is -2.32. The van der Waals surface area contributed by atoms with Gasteiger partial charge in [0.1, 0.15) is 11.2 Å². The monoisotopic (exact) mass is 312 g/mol. The van der Waals surface area contributed by atoms with Gasteiger partial charge >= 0.3 is 0 Å². The second-order valence-electron chi connectivity index (χ2n) is 6.42. The molecule has 2 aromatic rings. The van der Waals surface area contributed by atoms with Gasteiger partial charge in [-0.15, -0.1) is 0 Å². The first kappa shape index (κ1) is 14.4. The van der Waals surface area contributed by atoms with Crippen molar-refractivity contribution in [2.75, 3.05) is 13.1 Å². The number of aromatic nitrogens is 2. The molecule has 2 aliphatic rings. The molecule has 3 heterocycles. The van der Waals surface area contributed by atoms with Crippen molar-refractivity contribution in [1.29, 1.82) is 0 Å². The molecule has 0 radical (unpaired) electrons. The summed E-state index contributed by atoms with van der Waals surface area (Å²) in [5.41, 5.74) is 0.341. The van der Waals surface area contributed by atoms with Crippen LogP contribution >= 0.6 is 0 Å². The fraction of sp³-hybridized carbons (Fsp3) is 0.471. The second kappa shape index (κ2) is 5.77. The molecule has 6 heteroatoms. The van der Waals surface area contributed by atoms with Crippen molar-refractivity contribution in [3.63, 3.8) is 0 Å². The second-order valence-corrected chi connectivity index (χ2v) is 6.42. The van der Waals surface area contributed by atoms with Crippen molar-refractivity contribution in [3.8, 4) is 0 Å². The maximum atomic E-state index is 12.4. The van der Waals surface area contributed by atoms with Crippen LogP contribution in [0.3, 0.4) is 0 Å². The van der Waals surface area contributed by atoms with Gasteiger partial charge in [-0.1, -0.05) is 6.07 Å². The number of likely N-dealkylation sites (tertiary alicyclic amines) is 1. The Balaban J connectivity index is 1.47. The Kier molecular flexibility index (Phi) is 3.61. The molecule has 1 amide bonds. The zero-order valence-corrected chi connectivity index (χ0v) is 12.9. The van der Waals surface area contributed by atoms with Crippen LogP contribution in [0.15, 0.2) is 35.4 Å². The van der Waals surface area contributed by atoms with Crippen molar-refractivity contribution >= 4 is 11.6 Å². The van der Waals surface area contributed by atoms with E-state index in [-0.39, 0.29) is 23.1 Å². The quantitative estimate of drug-likeness (QED) is 0.920. The van der Waals surface area contributed by atoms with Crippen LogP contribution in [-0.4, -0.2) is 45.4 Å². The number of piperidine rings is 1. The van der Waals surface area contributed by atoms with Crippen molar-refractivity contribution < 1.29 is 4.79 Å². The maximum Gasteiger partial charge on any atom is 0.270 e. The lowest BCUT2D eigenvalue weighted by atomic mass is 10.0. The average molecular weight is 312 g/mol. The molecule has 1 saturated carbocycles. The molecule has 1 N–H and O–H groups in total. The van der Waals surface area contributed by atoms with Gasteiger partial charge in [0.15, 0.2) is 0 Å². The van der Waals surface area contributed by atoms with E-state index in [1.54, 1.807) is 18.3 Å². The Morgan fingerprint density at radius 1 is 1.17 bits per heavy atom.